The Morgan fingerprint density at radius 2 is 2.08 bits per heavy atom. The molecule has 0 aromatic carbocycles. The number of sulfonamides is 1. The lowest BCUT2D eigenvalue weighted by Gasteiger charge is -2.40. The summed E-state index contributed by atoms with van der Waals surface area (Å²) in [4.78, 5) is 15.8. The van der Waals surface area contributed by atoms with Gasteiger partial charge in [-0.1, -0.05) is 0 Å². The summed E-state index contributed by atoms with van der Waals surface area (Å²) in [6.07, 6.45) is 7.74. The van der Waals surface area contributed by atoms with Crippen molar-refractivity contribution in [3.8, 4) is 11.4 Å². The Bertz CT molecular complexity index is 864. The van der Waals surface area contributed by atoms with Crippen LogP contribution in [0.5, 0.6) is 0 Å². The summed E-state index contributed by atoms with van der Waals surface area (Å²) in [6.45, 7) is 1.28. The van der Waals surface area contributed by atoms with Crippen molar-refractivity contribution in [2.24, 2.45) is 0 Å². The van der Waals surface area contributed by atoms with E-state index in [0.717, 1.165) is 36.3 Å². The van der Waals surface area contributed by atoms with Crippen LogP contribution in [0.1, 0.15) is 17.7 Å². The van der Waals surface area contributed by atoms with E-state index in [1.807, 2.05) is 12.1 Å². The molecule has 0 unspecified atom stereocenters. The zero-order valence-electron chi connectivity index (χ0n) is 13.4. The third-order valence-corrected chi connectivity index (χ3v) is 5.15. The maximum Gasteiger partial charge on any atom is 0.209 e. The summed E-state index contributed by atoms with van der Waals surface area (Å²) in [5.41, 5.74) is 3.22. The highest BCUT2D eigenvalue weighted by atomic mass is 32.2. The van der Waals surface area contributed by atoms with E-state index in [2.05, 4.69) is 14.6 Å². The lowest BCUT2D eigenvalue weighted by Crippen LogP contribution is -2.59. The largest absolute Gasteiger partial charge is 0.353 e. The number of rotatable bonds is 4. The maximum atomic E-state index is 11.3. The molecule has 2 aromatic heterocycles. The predicted molar refractivity (Wildman–Crippen MR) is 91.3 cm³/mol. The molecule has 24 heavy (non-hydrogen) atoms. The zero-order valence-corrected chi connectivity index (χ0v) is 14.3. The molecule has 1 N–H and O–H groups in total. The van der Waals surface area contributed by atoms with E-state index in [0.29, 0.717) is 18.9 Å². The van der Waals surface area contributed by atoms with Crippen LogP contribution in [0.4, 0.5) is 5.82 Å². The number of fused-ring (bicyclic) bond motifs is 1. The van der Waals surface area contributed by atoms with Crippen molar-refractivity contribution in [3.05, 3.63) is 35.8 Å². The van der Waals surface area contributed by atoms with Gasteiger partial charge in [-0.2, -0.15) is 0 Å². The van der Waals surface area contributed by atoms with E-state index in [9.17, 15) is 8.42 Å². The summed E-state index contributed by atoms with van der Waals surface area (Å²) in [6, 6.07) is 3.78. The van der Waals surface area contributed by atoms with Crippen molar-refractivity contribution in [3.63, 3.8) is 0 Å². The molecule has 0 amide bonds. The van der Waals surface area contributed by atoms with Crippen LogP contribution in [0.3, 0.4) is 0 Å². The Morgan fingerprint density at radius 1 is 1.25 bits per heavy atom. The third kappa shape index (κ3) is 2.99. The number of nitrogens with zero attached hydrogens (tertiary/aromatic N) is 4. The molecule has 0 atom stereocenters. The monoisotopic (exact) mass is 345 g/mol. The van der Waals surface area contributed by atoms with Crippen molar-refractivity contribution >= 4 is 15.8 Å². The molecule has 7 nitrogen and oxygen atoms in total. The van der Waals surface area contributed by atoms with Gasteiger partial charge in [0.15, 0.2) is 5.82 Å². The van der Waals surface area contributed by atoms with Gasteiger partial charge in [0.05, 0.1) is 12.3 Å². The van der Waals surface area contributed by atoms with E-state index >= 15 is 0 Å². The van der Waals surface area contributed by atoms with Crippen LogP contribution in [0.15, 0.2) is 24.5 Å². The maximum absolute atomic E-state index is 11.3. The standard InChI is InChI=1S/C16H19N5O2S/c1-24(22,23)20-12-9-21(10-12)16-13-5-2-6-14(13)18-15(19-16)11-4-3-7-17-8-11/h3-4,7-8,12,20H,2,5-6,9-10H2,1H3. The Balaban J connectivity index is 1.63. The summed E-state index contributed by atoms with van der Waals surface area (Å²) >= 11 is 0. The number of aryl methyl sites for hydroxylation is 1. The van der Waals surface area contributed by atoms with Gasteiger partial charge >= 0.3 is 0 Å². The van der Waals surface area contributed by atoms with E-state index in [1.54, 1.807) is 12.4 Å². The van der Waals surface area contributed by atoms with E-state index in [-0.39, 0.29) is 6.04 Å². The molecule has 4 rings (SSSR count). The number of pyridine rings is 1. The van der Waals surface area contributed by atoms with Gasteiger partial charge in [0, 0.05) is 42.3 Å². The van der Waals surface area contributed by atoms with Crippen LogP contribution < -0.4 is 9.62 Å². The zero-order chi connectivity index (χ0) is 16.7. The second-order valence-corrected chi connectivity index (χ2v) is 8.16. The Morgan fingerprint density at radius 3 is 2.79 bits per heavy atom. The van der Waals surface area contributed by atoms with Crippen LogP contribution in [0.25, 0.3) is 11.4 Å². The first-order chi connectivity index (χ1) is 11.5. The fraction of sp³-hybridized carbons (Fsp3) is 0.438. The molecule has 2 aliphatic rings. The van der Waals surface area contributed by atoms with E-state index in [4.69, 9.17) is 9.97 Å². The van der Waals surface area contributed by atoms with Crippen molar-refractivity contribution < 1.29 is 8.42 Å². The average Bonchev–Trinajstić information content (AvgIpc) is 2.98. The van der Waals surface area contributed by atoms with E-state index < -0.39 is 10.0 Å². The van der Waals surface area contributed by atoms with E-state index in [1.165, 1.54) is 11.8 Å². The number of nitrogens with one attached hydrogen (secondary N) is 1. The summed E-state index contributed by atoms with van der Waals surface area (Å²) in [5, 5.41) is 0. The molecule has 1 aliphatic carbocycles. The van der Waals surface area contributed by atoms with Gasteiger partial charge in [0.25, 0.3) is 0 Å². The van der Waals surface area contributed by atoms with Crippen molar-refractivity contribution in [1.29, 1.82) is 0 Å². The first-order valence-corrected chi connectivity index (χ1v) is 9.91. The second kappa shape index (κ2) is 5.78. The minimum Gasteiger partial charge on any atom is -0.353 e. The molecule has 1 saturated heterocycles. The molecule has 3 heterocycles. The van der Waals surface area contributed by atoms with Crippen LogP contribution in [-0.4, -0.2) is 48.8 Å². The highest BCUT2D eigenvalue weighted by Crippen LogP contribution is 2.33. The van der Waals surface area contributed by atoms with Gasteiger partial charge < -0.3 is 4.90 Å². The summed E-state index contributed by atoms with van der Waals surface area (Å²) < 4.78 is 25.3. The molecule has 126 valence electrons. The van der Waals surface area contributed by atoms with Gasteiger partial charge in [-0.3, -0.25) is 4.98 Å². The minimum atomic E-state index is -3.17. The van der Waals surface area contributed by atoms with Crippen LogP contribution in [-0.2, 0) is 22.9 Å². The Kier molecular flexibility index (Phi) is 3.73. The molecule has 0 bridgehead atoms. The molecule has 0 saturated carbocycles. The molecule has 0 spiro atoms. The number of hydrogen-bond donors (Lipinski definition) is 1. The fourth-order valence-corrected chi connectivity index (χ4v) is 4.08. The van der Waals surface area contributed by atoms with Gasteiger partial charge in [-0.05, 0) is 31.4 Å². The smallest absolute Gasteiger partial charge is 0.209 e. The highest BCUT2D eigenvalue weighted by molar-refractivity contribution is 7.88. The third-order valence-electron chi connectivity index (χ3n) is 4.39. The predicted octanol–water partition coefficient (Wildman–Crippen LogP) is 0.765. The quantitative estimate of drug-likeness (QED) is 0.880. The fourth-order valence-electron chi connectivity index (χ4n) is 3.33. The first-order valence-electron chi connectivity index (χ1n) is 8.02. The average molecular weight is 345 g/mol. The minimum absolute atomic E-state index is 0.0474. The number of hydrogen-bond acceptors (Lipinski definition) is 6. The van der Waals surface area contributed by atoms with Gasteiger partial charge in [0.1, 0.15) is 5.82 Å². The molecule has 8 heteroatoms. The van der Waals surface area contributed by atoms with Crippen LogP contribution >= 0.6 is 0 Å². The normalized spacial score (nSPS) is 17.6. The lowest BCUT2D eigenvalue weighted by atomic mass is 10.1. The number of aromatic nitrogens is 3. The van der Waals surface area contributed by atoms with Crippen molar-refractivity contribution in [2.45, 2.75) is 25.3 Å². The first kappa shape index (κ1) is 15.5. The lowest BCUT2D eigenvalue weighted by molar-refractivity contribution is 0.467. The van der Waals surface area contributed by atoms with Gasteiger partial charge in [-0.15, -0.1) is 0 Å². The van der Waals surface area contributed by atoms with Crippen LogP contribution in [0.2, 0.25) is 0 Å². The summed E-state index contributed by atoms with van der Waals surface area (Å²) in [7, 11) is -3.17. The topological polar surface area (TPSA) is 88.1 Å². The van der Waals surface area contributed by atoms with Crippen LogP contribution in [0, 0.1) is 0 Å². The molecule has 0 radical (unpaired) electrons. The SMILES string of the molecule is CS(=O)(=O)NC1CN(c2nc(-c3cccnc3)nc3c2CCC3)C1. The van der Waals surface area contributed by atoms with Gasteiger partial charge in [0.2, 0.25) is 10.0 Å². The molecule has 1 aliphatic heterocycles. The number of anilines is 1. The molecular weight excluding hydrogens is 326 g/mol. The highest BCUT2D eigenvalue weighted by Gasteiger charge is 2.33. The summed E-state index contributed by atoms with van der Waals surface area (Å²) in [5.74, 6) is 1.64. The van der Waals surface area contributed by atoms with Gasteiger partial charge in [-0.25, -0.2) is 23.1 Å². The molecule has 2 aromatic rings. The Hall–Kier alpha value is -2.06. The van der Waals surface area contributed by atoms with Crippen molar-refractivity contribution in [2.75, 3.05) is 24.2 Å². The second-order valence-electron chi connectivity index (χ2n) is 6.38. The van der Waals surface area contributed by atoms with Crippen molar-refractivity contribution in [1.82, 2.24) is 19.7 Å². The molecule has 1 fully saturated rings. The Labute approximate surface area is 141 Å². The molecular formula is C16H19N5O2S.